The Morgan fingerprint density at radius 3 is 2.64 bits per heavy atom. The van der Waals surface area contributed by atoms with Crippen molar-refractivity contribution >= 4 is 38.8 Å². The third-order valence-corrected chi connectivity index (χ3v) is 7.47. The summed E-state index contributed by atoms with van der Waals surface area (Å²) in [6.07, 6.45) is 0.994. The van der Waals surface area contributed by atoms with Crippen LogP contribution in [0.3, 0.4) is 0 Å². The Bertz CT molecular complexity index is 894. The van der Waals surface area contributed by atoms with E-state index in [1.807, 2.05) is 30.3 Å². The van der Waals surface area contributed by atoms with Gasteiger partial charge in [0.15, 0.2) is 0 Å². The molecule has 2 aromatic heterocycles. The number of aromatic nitrogens is 1. The fourth-order valence-corrected chi connectivity index (χ4v) is 5.42. The normalized spacial score (nSPS) is 15.9. The minimum Gasteiger partial charge on any atom is -0.351 e. The highest BCUT2D eigenvalue weighted by atomic mass is 32.1. The number of thiophene rings is 1. The van der Waals surface area contributed by atoms with Crippen molar-refractivity contribution in [2.45, 2.75) is 13.3 Å². The highest BCUT2D eigenvalue weighted by Gasteiger charge is 2.15. The third kappa shape index (κ3) is 4.60. The first-order valence-electron chi connectivity index (χ1n) is 9.91. The van der Waals surface area contributed by atoms with Crippen LogP contribution in [0, 0.1) is 0 Å². The Kier molecular flexibility index (Phi) is 6.36. The average molecular weight is 415 g/mol. The first kappa shape index (κ1) is 19.5. The second-order valence-corrected chi connectivity index (χ2v) is 9.15. The van der Waals surface area contributed by atoms with Crippen molar-refractivity contribution in [2.75, 3.05) is 45.8 Å². The van der Waals surface area contributed by atoms with E-state index in [1.54, 1.807) is 11.3 Å². The number of hydrogen-bond acceptors (Lipinski definition) is 6. The molecule has 0 unspecified atom stereocenters. The molecule has 1 aliphatic rings. The van der Waals surface area contributed by atoms with E-state index >= 15 is 0 Å². The molecule has 5 nitrogen and oxygen atoms in total. The van der Waals surface area contributed by atoms with E-state index in [1.165, 1.54) is 16.0 Å². The molecule has 4 rings (SSSR count). The molecule has 1 amide bonds. The molecular weight excluding hydrogens is 388 g/mol. The van der Waals surface area contributed by atoms with Crippen molar-refractivity contribution in [1.29, 1.82) is 0 Å². The monoisotopic (exact) mass is 414 g/mol. The number of rotatable bonds is 7. The van der Waals surface area contributed by atoms with Crippen molar-refractivity contribution < 1.29 is 4.79 Å². The van der Waals surface area contributed by atoms with Gasteiger partial charge in [-0.05, 0) is 43.8 Å². The van der Waals surface area contributed by atoms with Crippen LogP contribution in [0.25, 0.3) is 20.1 Å². The van der Waals surface area contributed by atoms with E-state index in [0.29, 0.717) is 0 Å². The van der Waals surface area contributed by atoms with Crippen molar-refractivity contribution in [3.05, 3.63) is 41.3 Å². The zero-order chi connectivity index (χ0) is 19.3. The van der Waals surface area contributed by atoms with Gasteiger partial charge in [0.05, 0.1) is 20.0 Å². The fraction of sp³-hybridized carbons (Fsp3) is 0.429. The highest BCUT2D eigenvalue weighted by molar-refractivity contribution is 7.26. The summed E-state index contributed by atoms with van der Waals surface area (Å²) in [7, 11) is 0. The molecule has 3 heterocycles. The van der Waals surface area contributed by atoms with Gasteiger partial charge in [0, 0.05) is 32.7 Å². The third-order valence-electron chi connectivity index (χ3n) is 5.18. The Labute approximate surface area is 174 Å². The van der Waals surface area contributed by atoms with Crippen LogP contribution < -0.4 is 5.32 Å². The molecule has 1 N–H and O–H groups in total. The Morgan fingerprint density at radius 1 is 1.07 bits per heavy atom. The van der Waals surface area contributed by atoms with Gasteiger partial charge in [-0.15, -0.1) is 22.7 Å². The number of thiazole rings is 1. The molecule has 1 saturated heterocycles. The predicted octanol–water partition coefficient (Wildman–Crippen LogP) is 3.78. The molecule has 28 heavy (non-hydrogen) atoms. The summed E-state index contributed by atoms with van der Waals surface area (Å²) < 4.78 is 1.18. The number of carbonyl (C=O) groups is 1. The summed E-state index contributed by atoms with van der Waals surface area (Å²) in [5.74, 6) is 0.0214. The maximum atomic E-state index is 12.5. The number of fused-ring (bicyclic) bond motifs is 1. The lowest BCUT2D eigenvalue weighted by molar-refractivity contribution is 0.0952. The lowest BCUT2D eigenvalue weighted by atomic mass is 10.3. The number of hydrogen-bond donors (Lipinski definition) is 1. The number of piperazine rings is 1. The zero-order valence-electron chi connectivity index (χ0n) is 16.2. The van der Waals surface area contributed by atoms with Gasteiger partial charge in [-0.25, -0.2) is 4.98 Å². The van der Waals surface area contributed by atoms with E-state index in [0.717, 1.165) is 72.5 Å². The molecule has 0 spiro atoms. The van der Waals surface area contributed by atoms with E-state index in [-0.39, 0.29) is 5.91 Å². The number of benzene rings is 1. The minimum atomic E-state index is 0.0214. The number of nitrogens with zero attached hydrogens (tertiary/aromatic N) is 3. The SMILES string of the molecule is CCN1CCN(CCCNC(=O)c2ccc(-c3nc4ccccc4s3)s2)CC1. The molecule has 3 aromatic rings. The minimum absolute atomic E-state index is 0.0214. The zero-order valence-corrected chi connectivity index (χ0v) is 17.8. The summed E-state index contributed by atoms with van der Waals surface area (Å²) in [6.45, 7) is 9.73. The van der Waals surface area contributed by atoms with Crippen LogP contribution in [0.2, 0.25) is 0 Å². The van der Waals surface area contributed by atoms with Crippen LogP contribution in [-0.2, 0) is 0 Å². The summed E-state index contributed by atoms with van der Waals surface area (Å²) >= 11 is 3.19. The Hall–Kier alpha value is -1.80. The second-order valence-electron chi connectivity index (χ2n) is 7.04. The molecule has 0 saturated carbocycles. The van der Waals surface area contributed by atoms with Crippen molar-refractivity contribution in [3.8, 4) is 9.88 Å². The molecule has 0 bridgehead atoms. The summed E-state index contributed by atoms with van der Waals surface area (Å²) in [6, 6.07) is 12.1. The molecular formula is C21H26N4OS2. The Balaban J connectivity index is 1.25. The summed E-state index contributed by atoms with van der Waals surface area (Å²) in [4.78, 5) is 23.9. The van der Waals surface area contributed by atoms with E-state index in [4.69, 9.17) is 0 Å². The fourth-order valence-electron chi connectivity index (χ4n) is 3.47. The molecule has 148 valence electrons. The van der Waals surface area contributed by atoms with Crippen LogP contribution in [-0.4, -0.2) is 66.5 Å². The van der Waals surface area contributed by atoms with Gasteiger partial charge in [-0.3, -0.25) is 4.79 Å². The topological polar surface area (TPSA) is 48.5 Å². The van der Waals surface area contributed by atoms with Crippen LogP contribution in [0.5, 0.6) is 0 Å². The summed E-state index contributed by atoms with van der Waals surface area (Å²) in [5, 5.41) is 4.05. The van der Waals surface area contributed by atoms with Crippen LogP contribution in [0.15, 0.2) is 36.4 Å². The quantitative estimate of drug-likeness (QED) is 0.598. The van der Waals surface area contributed by atoms with Gasteiger partial charge in [0.25, 0.3) is 5.91 Å². The van der Waals surface area contributed by atoms with Gasteiger partial charge >= 0.3 is 0 Å². The number of para-hydroxylation sites is 1. The van der Waals surface area contributed by atoms with Crippen molar-refractivity contribution in [2.24, 2.45) is 0 Å². The number of likely N-dealkylation sites (N-methyl/N-ethyl adjacent to an activating group) is 1. The maximum Gasteiger partial charge on any atom is 0.261 e. The highest BCUT2D eigenvalue weighted by Crippen LogP contribution is 2.34. The van der Waals surface area contributed by atoms with Gasteiger partial charge in [-0.1, -0.05) is 19.1 Å². The first-order chi connectivity index (χ1) is 13.7. The number of nitrogens with one attached hydrogen (secondary N) is 1. The molecule has 1 aliphatic heterocycles. The lowest BCUT2D eigenvalue weighted by Gasteiger charge is -2.33. The van der Waals surface area contributed by atoms with Crippen LogP contribution in [0.1, 0.15) is 23.0 Å². The molecule has 0 radical (unpaired) electrons. The number of carbonyl (C=O) groups excluding carboxylic acids is 1. The molecule has 1 fully saturated rings. The van der Waals surface area contributed by atoms with Gasteiger partial charge < -0.3 is 15.1 Å². The van der Waals surface area contributed by atoms with Gasteiger partial charge in [-0.2, -0.15) is 0 Å². The van der Waals surface area contributed by atoms with Crippen molar-refractivity contribution in [1.82, 2.24) is 20.1 Å². The summed E-state index contributed by atoms with van der Waals surface area (Å²) in [5.41, 5.74) is 1.02. The molecule has 1 aromatic carbocycles. The van der Waals surface area contributed by atoms with Crippen LogP contribution in [0.4, 0.5) is 0 Å². The number of amides is 1. The van der Waals surface area contributed by atoms with E-state index < -0.39 is 0 Å². The average Bonchev–Trinajstić information content (AvgIpc) is 3.38. The predicted molar refractivity (Wildman–Crippen MR) is 118 cm³/mol. The molecule has 0 atom stereocenters. The smallest absolute Gasteiger partial charge is 0.261 e. The maximum absolute atomic E-state index is 12.5. The van der Waals surface area contributed by atoms with E-state index in [9.17, 15) is 4.79 Å². The molecule has 0 aliphatic carbocycles. The van der Waals surface area contributed by atoms with Gasteiger partial charge in [0.2, 0.25) is 0 Å². The van der Waals surface area contributed by atoms with E-state index in [2.05, 4.69) is 33.1 Å². The standard InChI is InChI=1S/C21H26N4OS2/c1-2-24-12-14-25(15-13-24)11-5-10-22-20(26)18-8-9-19(27-18)21-23-16-6-3-4-7-17(16)28-21/h3-4,6-9H,2,5,10-15H2,1H3,(H,22,26). The van der Waals surface area contributed by atoms with Crippen LogP contribution >= 0.6 is 22.7 Å². The molecule has 7 heteroatoms. The Morgan fingerprint density at radius 2 is 1.86 bits per heavy atom. The largest absolute Gasteiger partial charge is 0.351 e. The van der Waals surface area contributed by atoms with Crippen molar-refractivity contribution in [3.63, 3.8) is 0 Å². The first-order valence-corrected chi connectivity index (χ1v) is 11.5. The second kappa shape index (κ2) is 9.13. The van der Waals surface area contributed by atoms with Gasteiger partial charge in [0.1, 0.15) is 5.01 Å². The lowest BCUT2D eigenvalue weighted by Crippen LogP contribution is -2.46.